The molecule has 2 rings (SSSR count). The van der Waals surface area contributed by atoms with Crippen molar-refractivity contribution in [1.82, 2.24) is 0 Å². The lowest BCUT2D eigenvalue weighted by atomic mass is 9.74. The Balaban J connectivity index is 1.91. The Morgan fingerprint density at radius 3 is 2.82 bits per heavy atom. The van der Waals surface area contributed by atoms with E-state index in [0.717, 1.165) is 25.7 Å². The first-order valence-corrected chi connectivity index (χ1v) is 6.55. The zero-order chi connectivity index (χ0) is 12.3. The maximum atomic E-state index is 10.2. The van der Waals surface area contributed by atoms with Crippen molar-refractivity contribution in [2.24, 2.45) is 0 Å². The molecule has 3 atom stereocenters. The highest BCUT2D eigenvalue weighted by molar-refractivity contribution is 5.39. The molecule has 0 radical (unpaired) electrons. The lowest BCUT2D eigenvalue weighted by molar-refractivity contribution is -0.0241. The van der Waals surface area contributed by atoms with E-state index in [1.165, 1.54) is 11.1 Å². The molecule has 3 unspecified atom stereocenters. The van der Waals surface area contributed by atoms with E-state index in [4.69, 9.17) is 4.74 Å². The second-order valence-electron chi connectivity index (χ2n) is 4.97. The number of methoxy groups -OCH3 is 1. The predicted octanol–water partition coefficient (Wildman–Crippen LogP) is 2.89. The van der Waals surface area contributed by atoms with E-state index in [1.54, 1.807) is 7.11 Å². The first kappa shape index (κ1) is 12.6. The molecule has 0 heterocycles. The molecule has 0 bridgehead atoms. The van der Waals surface area contributed by atoms with Gasteiger partial charge in [0.05, 0.1) is 12.2 Å². The summed E-state index contributed by atoms with van der Waals surface area (Å²) in [6, 6.07) is 8.52. The van der Waals surface area contributed by atoms with Gasteiger partial charge in [-0.3, -0.25) is 0 Å². The van der Waals surface area contributed by atoms with E-state index in [0.29, 0.717) is 5.92 Å². The van der Waals surface area contributed by atoms with Crippen molar-refractivity contribution in [1.29, 1.82) is 0 Å². The van der Waals surface area contributed by atoms with Crippen LogP contribution in [0.25, 0.3) is 0 Å². The number of aliphatic hydroxyl groups excluding tert-OH is 1. The summed E-state index contributed by atoms with van der Waals surface area (Å²) in [5, 5.41) is 10.2. The fourth-order valence-electron chi connectivity index (χ4n) is 2.77. The van der Waals surface area contributed by atoms with Crippen LogP contribution in [0.15, 0.2) is 24.3 Å². The Labute approximate surface area is 104 Å². The number of ether oxygens (including phenoxy) is 1. The summed E-state index contributed by atoms with van der Waals surface area (Å²) in [5.74, 6) is 0.524. The molecule has 0 saturated heterocycles. The number of hydrogen-bond acceptors (Lipinski definition) is 2. The zero-order valence-electron chi connectivity index (χ0n) is 10.7. The molecule has 0 aliphatic heterocycles. The highest BCUT2D eigenvalue weighted by atomic mass is 16.5. The second kappa shape index (κ2) is 5.65. The Morgan fingerprint density at radius 1 is 1.41 bits per heavy atom. The van der Waals surface area contributed by atoms with Crippen molar-refractivity contribution in [3.05, 3.63) is 35.4 Å². The molecule has 0 fully saturated rings. The van der Waals surface area contributed by atoms with E-state index in [2.05, 4.69) is 31.2 Å². The molecule has 1 aromatic rings. The third-order valence-electron chi connectivity index (χ3n) is 3.79. The van der Waals surface area contributed by atoms with Crippen molar-refractivity contribution < 1.29 is 9.84 Å². The quantitative estimate of drug-likeness (QED) is 0.820. The molecule has 2 heteroatoms. The molecule has 2 nitrogen and oxygen atoms in total. The van der Waals surface area contributed by atoms with Gasteiger partial charge in [-0.15, -0.1) is 0 Å². The standard InChI is InChI=1S/C15H22O2/c1-3-6-15(17-2)14(16)10-12-9-11-7-4-5-8-13(11)12/h4-5,7-8,12,14-16H,3,6,9-10H2,1-2H3. The van der Waals surface area contributed by atoms with Crippen LogP contribution in [-0.4, -0.2) is 24.4 Å². The molecule has 1 aliphatic rings. The van der Waals surface area contributed by atoms with Gasteiger partial charge in [0.1, 0.15) is 0 Å². The van der Waals surface area contributed by atoms with E-state index in [1.807, 2.05) is 0 Å². The molecule has 0 amide bonds. The summed E-state index contributed by atoms with van der Waals surface area (Å²) in [7, 11) is 1.69. The minimum Gasteiger partial charge on any atom is -0.390 e. The van der Waals surface area contributed by atoms with Crippen LogP contribution < -0.4 is 0 Å². The maximum absolute atomic E-state index is 10.2. The summed E-state index contributed by atoms with van der Waals surface area (Å²) in [6.07, 6.45) is 3.58. The van der Waals surface area contributed by atoms with Crippen molar-refractivity contribution in [2.75, 3.05) is 7.11 Å². The highest BCUT2D eigenvalue weighted by Crippen LogP contribution is 2.38. The van der Waals surface area contributed by atoms with Gasteiger partial charge in [0, 0.05) is 7.11 Å². The third kappa shape index (κ3) is 2.70. The van der Waals surface area contributed by atoms with Gasteiger partial charge < -0.3 is 9.84 Å². The topological polar surface area (TPSA) is 29.5 Å². The van der Waals surface area contributed by atoms with Crippen LogP contribution in [0.5, 0.6) is 0 Å². The van der Waals surface area contributed by atoms with Gasteiger partial charge in [-0.05, 0) is 36.3 Å². The third-order valence-corrected chi connectivity index (χ3v) is 3.79. The average Bonchev–Trinajstić information content (AvgIpc) is 2.32. The van der Waals surface area contributed by atoms with Gasteiger partial charge in [0.2, 0.25) is 0 Å². The second-order valence-corrected chi connectivity index (χ2v) is 4.97. The Kier molecular flexibility index (Phi) is 4.19. The van der Waals surface area contributed by atoms with Gasteiger partial charge in [-0.2, -0.15) is 0 Å². The van der Waals surface area contributed by atoms with Crippen molar-refractivity contribution in [3.8, 4) is 0 Å². The predicted molar refractivity (Wildman–Crippen MR) is 69.2 cm³/mol. The number of benzene rings is 1. The summed E-state index contributed by atoms with van der Waals surface area (Å²) in [6.45, 7) is 2.12. The number of fused-ring (bicyclic) bond motifs is 1. The van der Waals surface area contributed by atoms with Gasteiger partial charge in [0.15, 0.2) is 0 Å². The molecule has 0 spiro atoms. The molecule has 17 heavy (non-hydrogen) atoms. The van der Waals surface area contributed by atoms with Gasteiger partial charge in [-0.25, -0.2) is 0 Å². The number of aliphatic hydroxyl groups is 1. The Bertz CT molecular complexity index is 362. The molecule has 1 aliphatic carbocycles. The SMILES string of the molecule is CCCC(OC)C(O)CC1Cc2ccccc21. The van der Waals surface area contributed by atoms with E-state index >= 15 is 0 Å². The van der Waals surface area contributed by atoms with Crippen LogP contribution >= 0.6 is 0 Å². The lowest BCUT2D eigenvalue weighted by Gasteiger charge is -2.33. The normalized spacial score (nSPS) is 21.5. The van der Waals surface area contributed by atoms with Crippen LogP contribution in [0.1, 0.15) is 43.2 Å². The number of hydrogen-bond donors (Lipinski definition) is 1. The highest BCUT2D eigenvalue weighted by Gasteiger charge is 2.30. The van der Waals surface area contributed by atoms with E-state index < -0.39 is 0 Å². The van der Waals surface area contributed by atoms with Gasteiger partial charge >= 0.3 is 0 Å². The van der Waals surface area contributed by atoms with Crippen LogP contribution in [0.3, 0.4) is 0 Å². The van der Waals surface area contributed by atoms with Crippen molar-refractivity contribution in [3.63, 3.8) is 0 Å². The van der Waals surface area contributed by atoms with Crippen LogP contribution in [0.4, 0.5) is 0 Å². The first-order valence-electron chi connectivity index (χ1n) is 6.55. The zero-order valence-corrected chi connectivity index (χ0v) is 10.7. The largest absolute Gasteiger partial charge is 0.390 e. The Morgan fingerprint density at radius 2 is 2.18 bits per heavy atom. The smallest absolute Gasteiger partial charge is 0.0830 e. The Hall–Kier alpha value is -0.860. The maximum Gasteiger partial charge on any atom is 0.0830 e. The molecule has 94 valence electrons. The fourth-order valence-corrected chi connectivity index (χ4v) is 2.77. The van der Waals surface area contributed by atoms with Crippen LogP contribution in [-0.2, 0) is 11.2 Å². The fraction of sp³-hybridized carbons (Fsp3) is 0.600. The summed E-state index contributed by atoms with van der Waals surface area (Å²) >= 11 is 0. The van der Waals surface area contributed by atoms with Crippen molar-refractivity contribution in [2.45, 2.75) is 50.7 Å². The lowest BCUT2D eigenvalue weighted by Crippen LogP contribution is -2.32. The summed E-state index contributed by atoms with van der Waals surface area (Å²) in [5.41, 5.74) is 2.85. The molecular formula is C15H22O2. The monoisotopic (exact) mass is 234 g/mol. The van der Waals surface area contributed by atoms with E-state index in [-0.39, 0.29) is 12.2 Å². The van der Waals surface area contributed by atoms with E-state index in [9.17, 15) is 5.11 Å². The average molecular weight is 234 g/mol. The minimum absolute atomic E-state index is 0.00670. The van der Waals surface area contributed by atoms with Gasteiger partial charge in [0.25, 0.3) is 0 Å². The molecule has 1 N–H and O–H groups in total. The first-order chi connectivity index (χ1) is 8.26. The summed E-state index contributed by atoms with van der Waals surface area (Å²) < 4.78 is 5.36. The molecule has 0 saturated carbocycles. The molecule has 0 aromatic heterocycles. The molecule has 1 aromatic carbocycles. The van der Waals surface area contributed by atoms with Crippen molar-refractivity contribution >= 4 is 0 Å². The number of rotatable bonds is 6. The van der Waals surface area contributed by atoms with Crippen LogP contribution in [0, 0.1) is 0 Å². The molecular weight excluding hydrogens is 212 g/mol. The summed E-state index contributed by atoms with van der Waals surface area (Å²) in [4.78, 5) is 0. The van der Waals surface area contributed by atoms with Crippen LogP contribution in [0.2, 0.25) is 0 Å². The minimum atomic E-state index is -0.335. The van der Waals surface area contributed by atoms with Gasteiger partial charge in [-0.1, -0.05) is 37.6 Å².